The van der Waals surface area contributed by atoms with E-state index in [4.69, 9.17) is 4.98 Å². The van der Waals surface area contributed by atoms with Crippen molar-refractivity contribution in [2.24, 2.45) is 0 Å². The van der Waals surface area contributed by atoms with E-state index in [2.05, 4.69) is 56.9 Å². The number of nitrogens with zero attached hydrogens (tertiary/aromatic N) is 5. The Kier molecular flexibility index (Phi) is 5.80. The van der Waals surface area contributed by atoms with Gasteiger partial charge in [0.1, 0.15) is 11.6 Å². The number of H-pyrrole nitrogens is 1. The quantitative estimate of drug-likeness (QED) is 0.798. The highest BCUT2D eigenvalue weighted by atomic mass is 15.3. The lowest BCUT2D eigenvalue weighted by molar-refractivity contribution is 0.356. The van der Waals surface area contributed by atoms with Crippen molar-refractivity contribution in [2.45, 2.75) is 65.0 Å². The number of piperidine rings is 1. The predicted octanol–water partition coefficient (Wildman–Crippen LogP) is 3.13. The molecule has 0 aliphatic carbocycles. The van der Waals surface area contributed by atoms with Gasteiger partial charge in [0.25, 0.3) is 0 Å². The summed E-state index contributed by atoms with van der Waals surface area (Å²) in [4.78, 5) is 22.2. The van der Waals surface area contributed by atoms with Gasteiger partial charge in [-0.2, -0.15) is 4.98 Å². The molecule has 7 heteroatoms. The smallest absolute Gasteiger partial charge is 0.227 e. The molecule has 0 saturated carbocycles. The Labute approximate surface area is 168 Å². The van der Waals surface area contributed by atoms with Crippen LogP contribution in [0.5, 0.6) is 0 Å². The molecular formula is C21H33N7. The van der Waals surface area contributed by atoms with Gasteiger partial charge in [-0.1, -0.05) is 6.92 Å². The molecule has 2 saturated heterocycles. The summed E-state index contributed by atoms with van der Waals surface area (Å²) in [6.07, 6.45) is 7.70. The summed E-state index contributed by atoms with van der Waals surface area (Å²) in [5.74, 6) is 3.05. The minimum absolute atomic E-state index is 0.299. The fourth-order valence-corrected chi connectivity index (χ4v) is 4.32. The monoisotopic (exact) mass is 383 g/mol. The first-order valence-corrected chi connectivity index (χ1v) is 10.8. The normalized spacial score (nSPS) is 19.4. The van der Waals surface area contributed by atoms with Crippen molar-refractivity contribution < 1.29 is 0 Å². The van der Waals surface area contributed by atoms with Crippen LogP contribution >= 0.6 is 0 Å². The topological polar surface area (TPSA) is 73.0 Å². The number of aromatic amines is 1. The van der Waals surface area contributed by atoms with E-state index >= 15 is 0 Å². The van der Waals surface area contributed by atoms with Gasteiger partial charge in [0.2, 0.25) is 5.95 Å². The molecule has 2 N–H and O–H groups in total. The van der Waals surface area contributed by atoms with E-state index in [1.807, 2.05) is 6.20 Å². The maximum Gasteiger partial charge on any atom is 0.227 e. The lowest BCUT2D eigenvalue weighted by atomic mass is 10.0. The van der Waals surface area contributed by atoms with Crippen molar-refractivity contribution in [3.05, 3.63) is 29.5 Å². The van der Waals surface area contributed by atoms with Crippen molar-refractivity contribution in [1.82, 2.24) is 25.3 Å². The summed E-state index contributed by atoms with van der Waals surface area (Å²) in [5.41, 5.74) is 2.18. The fourth-order valence-electron chi connectivity index (χ4n) is 4.32. The molecule has 7 nitrogen and oxygen atoms in total. The number of rotatable bonds is 6. The van der Waals surface area contributed by atoms with Crippen molar-refractivity contribution in [3.63, 3.8) is 0 Å². The van der Waals surface area contributed by atoms with Crippen LogP contribution in [0.3, 0.4) is 0 Å². The van der Waals surface area contributed by atoms with Crippen LogP contribution in [0.15, 0.2) is 12.3 Å². The van der Waals surface area contributed by atoms with Gasteiger partial charge in [-0.05, 0) is 46.0 Å². The molecule has 28 heavy (non-hydrogen) atoms. The van der Waals surface area contributed by atoms with Crippen LogP contribution in [0.1, 0.15) is 62.3 Å². The highest BCUT2D eigenvalue weighted by Crippen LogP contribution is 2.24. The molecule has 2 fully saturated rings. The number of hydrogen-bond donors (Lipinski definition) is 2. The third kappa shape index (κ3) is 4.29. The Bertz CT molecular complexity index is 773. The third-order valence-corrected chi connectivity index (χ3v) is 5.93. The summed E-state index contributed by atoms with van der Waals surface area (Å²) >= 11 is 0. The summed E-state index contributed by atoms with van der Waals surface area (Å²) in [6.45, 7) is 10.6. The first kappa shape index (κ1) is 19.2. The molecule has 4 heterocycles. The van der Waals surface area contributed by atoms with Crippen molar-refractivity contribution in [3.8, 4) is 0 Å². The molecule has 0 aromatic carbocycles. The van der Waals surface area contributed by atoms with Crippen LogP contribution in [-0.4, -0.2) is 52.2 Å². The Morgan fingerprint density at radius 1 is 1.11 bits per heavy atom. The van der Waals surface area contributed by atoms with Crippen LogP contribution in [-0.2, 0) is 0 Å². The van der Waals surface area contributed by atoms with E-state index in [0.717, 1.165) is 74.4 Å². The van der Waals surface area contributed by atoms with E-state index in [1.54, 1.807) is 0 Å². The fraction of sp³-hybridized carbons (Fsp3) is 0.667. The first-order valence-electron chi connectivity index (χ1n) is 10.8. The van der Waals surface area contributed by atoms with E-state index < -0.39 is 0 Å². The summed E-state index contributed by atoms with van der Waals surface area (Å²) in [7, 11) is 0. The van der Waals surface area contributed by atoms with Gasteiger partial charge < -0.3 is 20.1 Å². The maximum absolute atomic E-state index is 4.90. The zero-order valence-corrected chi connectivity index (χ0v) is 17.4. The van der Waals surface area contributed by atoms with Gasteiger partial charge in [0.05, 0.1) is 6.04 Å². The van der Waals surface area contributed by atoms with Crippen molar-refractivity contribution in [2.75, 3.05) is 36.0 Å². The second-order valence-corrected chi connectivity index (χ2v) is 8.20. The molecule has 1 atom stereocenters. The largest absolute Gasteiger partial charge is 0.356 e. The molecule has 0 radical (unpaired) electrons. The molecule has 2 aliphatic rings. The van der Waals surface area contributed by atoms with Crippen LogP contribution in [0, 0.1) is 13.8 Å². The molecule has 0 bridgehead atoms. The van der Waals surface area contributed by atoms with E-state index in [9.17, 15) is 0 Å². The van der Waals surface area contributed by atoms with Gasteiger partial charge in [-0.25, -0.2) is 9.97 Å². The Morgan fingerprint density at radius 2 is 1.86 bits per heavy atom. The van der Waals surface area contributed by atoms with Crippen LogP contribution in [0.2, 0.25) is 0 Å². The molecule has 152 valence electrons. The summed E-state index contributed by atoms with van der Waals surface area (Å²) < 4.78 is 0. The summed E-state index contributed by atoms with van der Waals surface area (Å²) in [6, 6.07) is 2.95. The number of aromatic nitrogens is 4. The Hall–Kier alpha value is -2.15. The van der Waals surface area contributed by atoms with Crippen molar-refractivity contribution in [1.29, 1.82) is 0 Å². The SMILES string of the molecule is CC[C@@H](NC1CCN(c2cc(C)nc(N3CCCC3)n2)CC1)c1ncc(C)[nH]1. The van der Waals surface area contributed by atoms with Crippen molar-refractivity contribution >= 4 is 11.8 Å². The predicted molar refractivity (Wildman–Crippen MR) is 113 cm³/mol. The minimum Gasteiger partial charge on any atom is -0.356 e. The highest BCUT2D eigenvalue weighted by molar-refractivity contribution is 5.46. The zero-order valence-electron chi connectivity index (χ0n) is 17.4. The van der Waals surface area contributed by atoms with Gasteiger partial charge in [-0.15, -0.1) is 0 Å². The minimum atomic E-state index is 0.299. The Balaban J connectivity index is 1.37. The standard InChI is InChI=1S/C21H33N7/c1-4-18(20-22-14-16(3)23-20)25-17-7-11-27(12-8-17)19-13-15(2)24-21(26-19)28-9-5-6-10-28/h13-14,17-18,25H,4-12H2,1-3H3,(H,22,23)/t18-/m1/s1. The Morgan fingerprint density at radius 3 is 2.50 bits per heavy atom. The van der Waals surface area contributed by atoms with E-state index in [-0.39, 0.29) is 0 Å². The van der Waals surface area contributed by atoms with Gasteiger partial charge >= 0.3 is 0 Å². The van der Waals surface area contributed by atoms with E-state index in [1.165, 1.54) is 12.8 Å². The van der Waals surface area contributed by atoms with E-state index in [0.29, 0.717) is 12.1 Å². The lowest BCUT2D eigenvalue weighted by Crippen LogP contribution is -2.44. The number of aryl methyl sites for hydroxylation is 2. The zero-order chi connectivity index (χ0) is 19.5. The molecular weight excluding hydrogens is 350 g/mol. The van der Waals surface area contributed by atoms with Gasteiger partial charge in [0, 0.05) is 55.9 Å². The molecule has 2 aromatic heterocycles. The average Bonchev–Trinajstić information content (AvgIpc) is 3.38. The lowest BCUT2D eigenvalue weighted by Gasteiger charge is -2.35. The number of nitrogens with one attached hydrogen (secondary N) is 2. The maximum atomic E-state index is 4.90. The number of hydrogen-bond acceptors (Lipinski definition) is 6. The van der Waals surface area contributed by atoms with Crippen LogP contribution < -0.4 is 15.1 Å². The second kappa shape index (κ2) is 8.47. The third-order valence-electron chi connectivity index (χ3n) is 5.93. The molecule has 4 rings (SSSR count). The van der Waals surface area contributed by atoms with Gasteiger partial charge in [0.15, 0.2) is 0 Å². The molecule has 0 amide bonds. The average molecular weight is 384 g/mol. The highest BCUT2D eigenvalue weighted by Gasteiger charge is 2.25. The van der Waals surface area contributed by atoms with Crippen LogP contribution in [0.25, 0.3) is 0 Å². The first-order chi connectivity index (χ1) is 13.6. The molecule has 2 aliphatic heterocycles. The second-order valence-electron chi connectivity index (χ2n) is 8.20. The summed E-state index contributed by atoms with van der Waals surface area (Å²) in [5, 5.41) is 3.81. The molecule has 0 spiro atoms. The number of imidazole rings is 1. The number of anilines is 2. The molecule has 2 aromatic rings. The van der Waals surface area contributed by atoms with Crippen LogP contribution in [0.4, 0.5) is 11.8 Å². The molecule has 0 unspecified atom stereocenters. The van der Waals surface area contributed by atoms with Gasteiger partial charge in [-0.3, -0.25) is 0 Å².